The summed E-state index contributed by atoms with van der Waals surface area (Å²) in [6.45, 7) is 2.84. The molecule has 0 atom stereocenters. The van der Waals surface area contributed by atoms with E-state index in [1.54, 1.807) is 17.7 Å². The van der Waals surface area contributed by atoms with E-state index in [2.05, 4.69) is 32.5 Å². The first-order valence-corrected chi connectivity index (χ1v) is 6.92. The van der Waals surface area contributed by atoms with Gasteiger partial charge in [0.2, 0.25) is 0 Å². The zero-order valence-electron chi connectivity index (χ0n) is 10.6. The van der Waals surface area contributed by atoms with Gasteiger partial charge in [-0.15, -0.1) is 11.3 Å². The van der Waals surface area contributed by atoms with Crippen LogP contribution in [-0.4, -0.2) is 22.0 Å². The van der Waals surface area contributed by atoms with Gasteiger partial charge in [0.15, 0.2) is 0 Å². The number of anilines is 2. The summed E-state index contributed by atoms with van der Waals surface area (Å²) in [6, 6.07) is 0. The molecule has 0 bridgehead atoms. The van der Waals surface area contributed by atoms with E-state index in [4.69, 9.17) is 0 Å². The SMILES string of the molecule is CCCc1c(NC)ncnc1NCc1cscn1. The lowest BCUT2D eigenvalue weighted by Crippen LogP contribution is -2.08. The Kier molecular flexibility index (Phi) is 4.46. The molecule has 18 heavy (non-hydrogen) atoms. The molecular weight excluding hydrogens is 246 g/mol. The van der Waals surface area contributed by atoms with Crippen LogP contribution in [0.2, 0.25) is 0 Å². The Bertz CT molecular complexity index is 483. The topological polar surface area (TPSA) is 62.7 Å². The molecule has 2 aromatic rings. The van der Waals surface area contributed by atoms with Crippen LogP contribution in [0, 0.1) is 0 Å². The quantitative estimate of drug-likeness (QED) is 0.838. The lowest BCUT2D eigenvalue weighted by molar-refractivity contribution is 0.897. The first kappa shape index (κ1) is 12.8. The fraction of sp³-hybridized carbons (Fsp3) is 0.417. The lowest BCUT2D eigenvalue weighted by atomic mass is 10.1. The van der Waals surface area contributed by atoms with Crippen LogP contribution in [0.5, 0.6) is 0 Å². The van der Waals surface area contributed by atoms with E-state index < -0.39 is 0 Å². The maximum atomic E-state index is 4.32. The second-order valence-electron chi connectivity index (χ2n) is 3.88. The van der Waals surface area contributed by atoms with Gasteiger partial charge in [-0.25, -0.2) is 15.0 Å². The molecule has 6 heteroatoms. The van der Waals surface area contributed by atoms with Gasteiger partial charge in [-0.1, -0.05) is 13.3 Å². The van der Waals surface area contributed by atoms with Gasteiger partial charge in [0.1, 0.15) is 18.0 Å². The van der Waals surface area contributed by atoms with E-state index in [9.17, 15) is 0 Å². The van der Waals surface area contributed by atoms with Crippen LogP contribution in [0.25, 0.3) is 0 Å². The predicted molar refractivity (Wildman–Crippen MR) is 75.0 cm³/mol. The van der Waals surface area contributed by atoms with Crippen molar-refractivity contribution in [1.29, 1.82) is 0 Å². The third kappa shape index (κ3) is 2.95. The molecule has 0 aliphatic carbocycles. The second kappa shape index (κ2) is 6.30. The van der Waals surface area contributed by atoms with Gasteiger partial charge >= 0.3 is 0 Å². The fourth-order valence-corrected chi connectivity index (χ4v) is 2.32. The predicted octanol–water partition coefficient (Wildman–Crippen LogP) is 2.54. The highest BCUT2D eigenvalue weighted by Crippen LogP contribution is 2.21. The van der Waals surface area contributed by atoms with Crippen LogP contribution in [-0.2, 0) is 13.0 Å². The van der Waals surface area contributed by atoms with Crippen LogP contribution in [0.3, 0.4) is 0 Å². The summed E-state index contributed by atoms with van der Waals surface area (Å²) in [5.41, 5.74) is 4.01. The van der Waals surface area contributed by atoms with Crippen molar-refractivity contribution >= 4 is 23.0 Å². The number of nitrogens with one attached hydrogen (secondary N) is 2. The molecule has 0 spiro atoms. The maximum Gasteiger partial charge on any atom is 0.135 e. The van der Waals surface area contributed by atoms with E-state index in [1.165, 1.54) is 0 Å². The van der Waals surface area contributed by atoms with Crippen molar-refractivity contribution in [3.05, 3.63) is 28.5 Å². The summed E-state index contributed by atoms with van der Waals surface area (Å²) in [5, 5.41) is 8.47. The van der Waals surface area contributed by atoms with Crippen LogP contribution < -0.4 is 10.6 Å². The molecule has 2 heterocycles. The number of aromatic nitrogens is 3. The van der Waals surface area contributed by atoms with Crippen molar-refractivity contribution in [3.63, 3.8) is 0 Å². The Morgan fingerprint density at radius 1 is 1.22 bits per heavy atom. The normalized spacial score (nSPS) is 10.3. The molecule has 2 aromatic heterocycles. The molecule has 2 N–H and O–H groups in total. The number of nitrogens with zero attached hydrogens (tertiary/aromatic N) is 3. The van der Waals surface area contributed by atoms with Crippen molar-refractivity contribution in [1.82, 2.24) is 15.0 Å². The Balaban J connectivity index is 2.15. The van der Waals surface area contributed by atoms with E-state index >= 15 is 0 Å². The summed E-state index contributed by atoms with van der Waals surface area (Å²) in [5.74, 6) is 1.79. The highest BCUT2D eigenvalue weighted by Gasteiger charge is 2.09. The number of thiazole rings is 1. The standard InChI is InChI=1S/C12H17N5S/c1-3-4-10-11(13-2)15-7-16-12(10)14-5-9-6-18-8-17-9/h6-8H,3-5H2,1-2H3,(H2,13,14,15,16). The molecule has 0 aromatic carbocycles. The van der Waals surface area contributed by atoms with Crippen LogP contribution in [0.15, 0.2) is 17.2 Å². The fourth-order valence-electron chi connectivity index (χ4n) is 1.77. The Morgan fingerprint density at radius 2 is 2.06 bits per heavy atom. The summed E-state index contributed by atoms with van der Waals surface area (Å²) in [4.78, 5) is 12.8. The van der Waals surface area contributed by atoms with E-state index in [-0.39, 0.29) is 0 Å². The van der Waals surface area contributed by atoms with Gasteiger partial charge in [0.05, 0.1) is 17.7 Å². The highest BCUT2D eigenvalue weighted by atomic mass is 32.1. The van der Waals surface area contributed by atoms with Gasteiger partial charge in [0, 0.05) is 18.0 Å². The molecule has 0 aliphatic rings. The average Bonchev–Trinajstić information content (AvgIpc) is 2.91. The van der Waals surface area contributed by atoms with E-state index in [0.29, 0.717) is 6.54 Å². The lowest BCUT2D eigenvalue weighted by Gasteiger charge is -2.12. The van der Waals surface area contributed by atoms with Gasteiger partial charge in [-0.3, -0.25) is 0 Å². The second-order valence-corrected chi connectivity index (χ2v) is 4.60. The van der Waals surface area contributed by atoms with Crippen LogP contribution in [0.4, 0.5) is 11.6 Å². The number of rotatable bonds is 6. The summed E-state index contributed by atoms with van der Waals surface area (Å²) >= 11 is 1.60. The molecule has 0 radical (unpaired) electrons. The van der Waals surface area contributed by atoms with Crippen molar-refractivity contribution < 1.29 is 0 Å². The zero-order valence-corrected chi connectivity index (χ0v) is 11.4. The minimum absolute atomic E-state index is 0.695. The molecule has 0 amide bonds. The first-order valence-electron chi connectivity index (χ1n) is 5.97. The number of hydrogen-bond acceptors (Lipinski definition) is 6. The van der Waals surface area contributed by atoms with Gasteiger partial charge < -0.3 is 10.6 Å². The van der Waals surface area contributed by atoms with Gasteiger partial charge in [0.25, 0.3) is 0 Å². The molecule has 2 rings (SSSR count). The average molecular weight is 263 g/mol. The van der Waals surface area contributed by atoms with Crippen molar-refractivity contribution in [2.75, 3.05) is 17.7 Å². The monoisotopic (exact) mass is 263 g/mol. The zero-order chi connectivity index (χ0) is 12.8. The molecule has 0 saturated carbocycles. The Hall–Kier alpha value is -1.69. The van der Waals surface area contributed by atoms with Gasteiger partial charge in [-0.2, -0.15) is 0 Å². The molecule has 0 aliphatic heterocycles. The van der Waals surface area contributed by atoms with E-state index in [0.717, 1.165) is 35.7 Å². The highest BCUT2D eigenvalue weighted by molar-refractivity contribution is 7.07. The number of hydrogen-bond donors (Lipinski definition) is 2. The van der Waals surface area contributed by atoms with Crippen molar-refractivity contribution in [2.24, 2.45) is 0 Å². The molecule has 0 fully saturated rings. The molecular formula is C12H17N5S. The van der Waals surface area contributed by atoms with E-state index in [1.807, 2.05) is 17.9 Å². The Morgan fingerprint density at radius 3 is 2.72 bits per heavy atom. The molecule has 5 nitrogen and oxygen atoms in total. The molecule has 0 saturated heterocycles. The maximum absolute atomic E-state index is 4.32. The molecule has 96 valence electrons. The van der Waals surface area contributed by atoms with Crippen LogP contribution >= 0.6 is 11.3 Å². The Labute approximate surface area is 111 Å². The summed E-state index contributed by atoms with van der Waals surface area (Å²) in [7, 11) is 1.88. The largest absolute Gasteiger partial charge is 0.373 e. The smallest absolute Gasteiger partial charge is 0.135 e. The van der Waals surface area contributed by atoms with Crippen LogP contribution in [0.1, 0.15) is 24.6 Å². The minimum Gasteiger partial charge on any atom is -0.373 e. The minimum atomic E-state index is 0.695. The van der Waals surface area contributed by atoms with Gasteiger partial charge in [-0.05, 0) is 6.42 Å². The summed E-state index contributed by atoms with van der Waals surface area (Å²) < 4.78 is 0. The third-order valence-electron chi connectivity index (χ3n) is 2.60. The third-order valence-corrected chi connectivity index (χ3v) is 3.24. The first-order chi connectivity index (χ1) is 8.85. The molecule has 0 unspecified atom stereocenters. The van der Waals surface area contributed by atoms with Crippen molar-refractivity contribution in [3.8, 4) is 0 Å². The summed E-state index contributed by atoms with van der Waals surface area (Å²) in [6.07, 6.45) is 3.60. The van der Waals surface area contributed by atoms with Crippen molar-refractivity contribution in [2.45, 2.75) is 26.3 Å².